The molecule has 0 aliphatic carbocycles. The van der Waals surface area contributed by atoms with Gasteiger partial charge in [-0.1, -0.05) is 44.0 Å². The molecule has 31 heavy (non-hydrogen) atoms. The van der Waals surface area contributed by atoms with Gasteiger partial charge in [-0.15, -0.1) is 0 Å². The molecule has 3 aromatic rings. The highest BCUT2D eigenvalue weighted by Gasteiger charge is 2.35. The maximum Gasteiger partial charge on any atom is 0.421 e. The molecule has 2 aromatic carbocycles. The van der Waals surface area contributed by atoms with Crippen LogP contribution < -0.4 is 15.4 Å². The van der Waals surface area contributed by atoms with E-state index < -0.39 is 11.7 Å². The summed E-state index contributed by atoms with van der Waals surface area (Å²) in [4.78, 5) is 7.95. The van der Waals surface area contributed by atoms with Gasteiger partial charge in [0.15, 0.2) is 0 Å². The zero-order chi connectivity index (χ0) is 22.3. The van der Waals surface area contributed by atoms with Crippen LogP contribution in [0.15, 0.2) is 54.7 Å². The number of aryl methyl sites for hydroxylation is 1. The van der Waals surface area contributed by atoms with Gasteiger partial charge in [0, 0.05) is 23.6 Å². The maximum atomic E-state index is 13.5. The van der Waals surface area contributed by atoms with Gasteiger partial charge in [0.1, 0.15) is 17.1 Å². The molecule has 0 fully saturated rings. The summed E-state index contributed by atoms with van der Waals surface area (Å²) < 4.78 is 46.3. The summed E-state index contributed by atoms with van der Waals surface area (Å²) in [5.41, 5.74) is 1.14. The number of alkyl halides is 3. The van der Waals surface area contributed by atoms with Crippen molar-refractivity contribution in [2.45, 2.75) is 39.3 Å². The van der Waals surface area contributed by atoms with Crippen molar-refractivity contribution >= 4 is 23.1 Å². The summed E-state index contributed by atoms with van der Waals surface area (Å²) in [6, 6.07) is 14.2. The average Bonchev–Trinajstić information content (AvgIpc) is 2.73. The minimum atomic E-state index is -4.60. The van der Waals surface area contributed by atoms with Gasteiger partial charge >= 0.3 is 6.18 Å². The Morgan fingerprint density at radius 2 is 1.81 bits per heavy atom. The van der Waals surface area contributed by atoms with Crippen molar-refractivity contribution in [2.24, 2.45) is 0 Å². The number of hydrogen-bond acceptors (Lipinski definition) is 5. The van der Waals surface area contributed by atoms with E-state index in [1.165, 1.54) is 0 Å². The molecule has 0 radical (unpaired) electrons. The third-order valence-corrected chi connectivity index (χ3v) is 4.60. The summed E-state index contributed by atoms with van der Waals surface area (Å²) in [6.45, 7) is 4.55. The first-order valence-corrected chi connectivity index (χ1v) is 10.1. The zero-order valence-electron chi connectivity index (χ0n) is 17.5. The Kier molecular flexibility index (Phi) is 7.33. The molecule has 1 heterocycles. The number of nitrogens with one attached hydrogen (secondary N) is 2. The SMILES string of the molecule is CCCCCOc1cccc(Nc2nc(Nc3ccccc3C)ncc2C(F)(F)F)c1. The standard InChI is InChI=1S/C23H25F3N4O/c1-3-4-7-13-31-18-11-8-10-17(14-18)28-21-19(23(24,25)26)15-27-22(30-21)29-20-12-6-5-9-16(20)2/h5-6,8-12,14-15H,3-4,7,13H2,1-2H3,(H2,27,28,29,30). The second-order valence-electron chi connectivity index (χ2n) is 7.10. The van der Waals surface area contributed by atoms with Crippen molar-refractivity contribution in [3.8, 4) is 5.75 Å². The summed E-state index contributed by atoms with van der Waals surface area (Å²) in [6.07, 6.45) is -0.757. The average molecular weight is 430 g/mol. The van der Waals surface area contributed by atoms with E-state index in [2.05, 4.69) is 27.5 Å². The van der Waals surface area contributed by atoms with E-state index in [9.17, 15) is 13.2 Å². The van der Waals surface area contributed by atoms with Gasteiger partial charge in [-0.05, 0) is 37.1 Å². The lowest BCUT2D eigenvalue weighted by molar-refractivity contribution is -0.137. The van der Waals surface area contributed by atoms with E-state index in [0.29, 0.717) is 18.0 Å². The second kappa shape index (κ2) is 10.1. The molecule has 5 nitrogen and oxygen atoms in total. The molecule has 0 aliphatic heterocycles. The van der Waals surface area contributed by atoms with Crippen LogP contribution in [0.2, 0.25) is 0 Å². The molecule has 0 saturated heterocycles. The Morgan fingerprint density at radius 3 is 2.55 bits per heavy atom. The largest absolute Gasteiger partial charge is 0.494 e. The Hall–Kier alpha value is -3.29. The number of rotatable bonds is 9. The number of halogens is 3. The fraction of sp³-hybridized carbons (Fsp3) is 0.304. The quantitative estimate of drug-likeness (QED) is 0.363. The van der Waals surface area contributed by atoms with Crippen LogP contribution in [0.5, 0.6) is 5.75 Å². The van der Waals surface area contributed by atoms with Gasteiger partial charge in [-0.2, -0.15) is 18.2 Å². The highest BCUT2D eigenvalue weighted by Crippen LogP contribution is 2.35. The van der Waals surface area contributed by atoms with Crippen molar-refractivity contribution in [3.63, 3.8) is 0 Å². The van der Waals surface area contributed by atoms with Crippen molar-refractivity contribution in [1.29, 1.82) is 0 Å². The molecular weight excluding hydrogens is 405 g/mol. The van der Waals surface area contributed by atoms with Gasteiger partial charge in [-0.25, -0.2) is 4.98 Å². The van der Waals surface area contributed by atoms with E-state index >= 15 is 0 Å². The number of para-hydroxylation sites is 1. The topological polar surface area (TPSA) is 59.1 Å². The Balaban J connectivity index is 1.84. The third kappa shape index (κ3) is 6.34. The Morgan fingerprint density at radius 1 is 1.00 bits per heavy atom. The molecular formula is C23H25F3N4O. The number of aromatic nitrogens is 2. The summed E-state index contributed by atoms with van der Waals surface area (Å²) in [7, 11) is 0. The molecule has 2 N–H and O–H groups in total. The van der Waals surface area contributed by atoms with Crippen LogP contribution in [-0.2, 0) is 6.18 Å². The van der Waals surface area contributed by atoms with Crippen LogP contribution in [0.1, 0.15) is 37.3 Å². The molecule has 1 aromatic heterocycles. The molecule has 0 saturated carbocycles. The highest BCUT2D eigenvalue weighted by molar-refractivity contribution is 5.64. The van der Waals surface area contributed by atoms with Crippen LogP contribution in [-0.4, -0.2) is 16.6 Å². The molecule has 0 spiro atoms. The number of hydrogen-bond donors (Lipinski definition) is 2. The van der Waals surface area contributed by atoms with Crippen LogP contribution in [0.3, 0.4) is 0 Å². The van der Waals surface area contributed by atoms with Crippen molar-refractivity contribution in [2.75, 3.05) is 17.2 Å². The van der Waals surface area contributed by atoms with E-state index in [1.54, 1.807) is 24.3 Å². The maximum absolute atomic E-state index is 13.5. The highest BCUT2D eigenvalue weighted by atomic mass is 19.4. The predicted molar refractivity (Wildman–Crippen MR) is 116 cm³/mol. The normalized spacial score (nSPS) is 11.3. The molecule has 0 unspecified atom stereocenters. The van der Waals surface area contributed by atoms with Crippen molar-refractivity contribution < 1.29 is 17.9 Å². The number of nitrogens with zero attached hydrogens (tertiary/aromatic N) is 2. The van der Waals surface area contributed by atoms with Gasteiger partial charge < -0.3 is 15.4 Å². The Bertz CT molecular complexity index is 1010. The lowest BCUT2D eigenvalue weighted by atomic mass is 10.2. The summed E-state index contributed by atoms with van der Waals surface area (Å²) >= 11 is 0. The number of ether oxygens (including phenoxy) is 1. The minimum absolute atomic E-state index is 0.0665. The second-order valence-corrected chi connectivity index (χ2v) is 7.10. The fourth-order valence-electron chi connectivity index (χ4n) is 2.92. The van der Waals surface area contributed by atoms with E-state index in [0.717, 1.165) is 36.7 Å². The van der Waals surface area contributed by atoms with Crippen molar-refractivity contribution in [3.05, 3.63) is 65.9 Å². The van der Waals surface area contributed by atoms with Crippen LogP contribution in [0.25, 0.3) is 0 Å². The molecule has 0 amide bonds. The van der Waals surface area contributed by atoms with Crippen LogP contribution >= 0.6 is 0 Å². The van der Waals surface area contributed by atoms with Crippen LogP contribution in [0.4, 0.5) is 36.3 Å². The first-order valence-electron chi connectivity index (χ1n) is 10.1. The lowest BCUT2D eigenvalue weighted by Gasteiger charge is -2.16. The monoisotopic (exact) mass is 430 g/mol. The van der Waals surface area contributed by atoms with E-state index in [1.807, 2.05) is 31.2 Å². The molecule has 0 aliphatic rings. The predicted octanol–water partition coefficient (Wildman–Crippen LogP) is 6.86. The molecule has 0 bridgehead atoms. The number of benzene rings is 2. The molecule has 3 rings (SSSR count). The molecule has 8 heteroatoms. The number of unbranched alkanes of at least 4 members (excludes halogenated alkanes) is 2. The smallest absolute Gasteiger partial charge is 0.421 e. The zero-order valence-corrected chi connectivity index (χ0v) is 17.5. The van der Waals surface area contributed by atoms with Gasteiger partial charge in [0.2, 0.25) is 5.95 Å². The van der Waals surface area contributed by atoms with Gasteiger partial charge in [-0.3, -0.25) is 0 Å². The molecule has 164 valence electrons. The van der Waals surface area contributed by atoms with Crippen LogP contribution in [0, 0.1) is 6.92 Å². The minimum Gasteiger partial charge on any atom is -0.494 e. The molecule has 0 atom stereocenters. The fourth-order valence-corrected chi connectivity index (χ4v) is 2.92. The van der Waals surface area contributed by atoms with Crippen molar-refractivity contribution in [1.82, 2.24) is 9.97 Å². The first kappa shape index (κ1) is 22.4. The lowest BCUT2D eigenvalue weighted by Crippen LogP contribution is -2.12. The number of anilines is 4. The summed E-state index contributed by atoms with van der Waals surface area (Å²) in [5, 5.41) is 5.74. The van der Waals surface area contributed by atoms with Gasteiger partial charge in [0.25, 0.3) is 0 Å². The van der Waals surface area contributed by atoms with E-state index in [-0.39, 0.29) is 11.8 Å². The first-order chi connectivity index (χ1) is 14.9. The van der Waals surface area contributed by atoms with Gasteiger partial charge in [0.05, 0.1) is 6.61 Å². The third-order valence-electron chi connectivity index (χ3n) is 4.60. The Labute approximate surface area is 179 Å². The summed E-state index contributed by atoms with van der Waals surface area (Å²) in [5.74, 6) is 0.320. The van der Waals surface area contributed by atoms with E-state index in [4.69, 9.17) is 4.74 Å².